The minimum absolute atomic E-state index is 0.259. The Hall–Kier alpha value is -1.56. The van der Waals surface area contributed by atoms with Gasteiger partial charge in [-0.05, 0) is 24.7 Å². The molecule has 2 unspecified atom stereocenters. The number of aliphatic hydroxyl groups is 1. The van der Waals surface area contributed by atoms with E-state index in [0.717, 1.165) is 25.2 Å². The SMILES string of the molecule is CNc1cc(NCC2CCCC2CO)nc(N)n1. The van der Waals surface area contributed by atoms with E-state index in [1.807, 2.05) is 6.07 Å². The van der Waals surface area contributed by atoms with Crippen LogP contribution < -0.4 is 16.4 Å². The molecule has 6 heteroatoms. The van der Waals surface area contributed by atoms with Gasteiger partial charge in [0.25, 0.3) is 0 Å². The number of aliphatic hydroxyl groups excluding tert-OH is 1. The van der Waals surface area contributed by atoms with Crippen LogP contribution in [-0.2, 0) is 0 Å². The average Bonchev–Trinajstić information content (AvgIpc) is 2.83. The van der Waals surface area contributed by atoms with Gasteiger partial charge in [0.15, 0.2) is 0 Å². The zero-order chi connectivity index (χ0) is 13.0. The molecule has 0 aliphatic heterocycles. The van der Waals surface area contributed by atoms with Crippen LogP contribution in [0.5, 0.6) is 0 Å². The molecule has 1 fully saturated rings. The number of anilines is 3. The molecular formula is C12H21N5O. The molecule has 2 rings (SSSR count). The molecular weight excluding hydrogens is 230 g/mol. The zero-order valence-electron chi connectivity index (χ0n) is 10.7. The van der Waals surface area contributed by atoms with E-state index in [9.17, 15) is 5.11 Å². The highest BCUT2D eigenvalue weighted by Crippen LogP contribution is 2.31. The quantitative estimate of drug-likeness (QED) is 0.621. The number of nitrogens with zero attached hydrogens (tertiary/aromatic N) is 2. The summed E-state index contributed by atoms with van der Waals surface area (Å²) in [6.45, 7) is 1.10. The van der Waals surface area contributed by atoms with Gasteiger partial charge in [-0.3, -0.25) is 0 Å². The van der Waals surface area contributed by atoms with E-state index in [2.05, 4.69) is 20.6 Å². The third-order valence-corrected chi connectivity index (χ3v) is 3.60. The molecule has 0 radical (unpaired) electrons. The molecule has 1 saturated carbocycles. The van der Waals surface area contributed by atoms with E-state index in [1.165, 1.54) is 6.42 Å². The second kappa shape index (κ2) is 5.86. The van der Waals surface area contributed by atoms with Crippen molar-refractivity contribution >= 4 is 17.6 Å². The van der Waals surface area contributed by atoms with Crippen LogP contribution in [0.3, 0.4) is 0 Å². The monoisotopic (exact) mass is 251 g/mol. The summed E-state index contributed by atoms with van der Waals surface area (Å²) in [6, 6.07) is 1.83. The van der Waals surface area contributed by atoms with E-state index in [1.54, 1.807) is 7.05 Å². The lowest BCUT2D eigenvalue weighted by Gasteiger charge is -2.18. The van der Waals surface area contributed by atoms with Crippen LogP contribution in [0.25, 0.3) is 0 Å². The molecule has 100 valence electrons. The molecule has 0 spiro atoms. The van der Waals surface area contributed by atoms with Gasteiger partial charge in [-0.15, -0.1) is 0 Å². The lowest BCUT2D eigenvalue weighted by molar-refractivity contribution is 0.199. The summed E-state index contributed by atoms with van der Waals surface area (Å²) >= 11 is 0. The fourth-order valence-electron chi connectivity index (χ4n) is 2.54. The highest BCUT2D eigenvalue weighted by Gasteiger charge is 2.26. The van der Waals surface area contributed by atoms with Crippen molar-refractivity contribution in [1.29, 1.82) is 0 Å². The number of rotatable bonds is 5. The zero-order valence-corrected chi connectivity index (χ0v) is 10.7. The largest absolute Gasteiger partial charge is 0.396 e. The Morgan fingerprint density at radius 2 is 2.06 bits per heavy atom. The van der Waals surface area contributed by atoms with Crippen LogP contribution in [0.2, 0.25) is 0 Å². The molecule has 0 aromatic carbocycles. The fourth-order valence-corrected chi connectivity index (χ4v) is 2.54. The lowest BCUT2D eigenvalue weighted by atomic mass is 9.97. The second-order valence-electron chi connectivity index (χ2n) is 4.76. The Bertz CT molecular complexity index is 398. The van der Waals surface area contributed by atoms with Crippen molar-refractivity contribution < 1.29 is 5.11 Å². The lowest BCUT2D eigenvalue weighted by Crippen LogP contribution is -2.21. The summed E-state index contributed by atoms with van der Waals surface area (Å²) in [5.74, 6) is 2.63. The Balaban J connectivity index is 1.95. The summed E-state index contributed by atoms with van der Waals surface area (Å²) < 4.78 is 0. The molecule has 1 heterocycles. The van der Waals surface area contributed by atoms with Crippen molar-refractivity contribution in [2.45, 2.75) is 19.3 Å². The maximum Gasteiger partial charge on any atom is 0.223 e. The normalized spacial score (nSPS) is 23.0. The summed E-state index contributed by atoms with van der Waals surface area (Å²) in [5.41, 5.74) is 5.63. The first-order valence-corrected chi connectivity index (χ1v) is 6.40. The molecule has 1 aliphatic rings. The predicted octanol–water partition coefficient (Wildman–Crippen LogP) is 0.921. The summed E-state index contributed by atoms with van der Waals surface area (Å²) in [6.07, 6.45) is 3.49. The van der Waals surface area contributed by atoms with Gasteiger partial charge < -0.3 is 21.5 Å². The minimum atomic E-state index is 0.259. The van der Waals surface area contributed by atoms with E-state index in [4.69, 9.17) is 5.73 Å². The highest BCUT2D eigenvalue weighted by molar-refractivity contribution is 5.50. The predicted molar refractivity (Wildman–Crippen MR) is 72.4 cm³/mol. The smallest absolute Gasteiger partial charge is 0.223 e. The van der Waals surface area contributed by atoms with Gasteiger partial charge in [0.05, 0.1) is 0 Å². The van der Waals surface area contributed by atoms with Crippen LogP contribution in [0.4, 0.5) is 17.6 Å². The number of hydrogen-bond donors (Lipinski definition) is 4. The van der Waals surface area contributed by atoms with E-state index in [-0.39, 0.29) is 12.6 Å². The van der Waals surface area contributed by atoms with Crippen LogP contribution >= 0.6 is 0 Å². The van der Waals surface area contributed by atoms with Crippen molar-refractivity contribution in [2.75, 3.05) is 36.6 Å². The molecule has 18 heavy (non-hydrogen) atoms. The van der Waals surface area contributed by atoms with E-state index >= 15 is 0 Å². The van der Waals surface area contributed by atoms with Crippen LogP contribution in [0, 0.1) is 11.8 Å². The Labute approximate surface area is 107 Å². The van der Waals surface area contributed by atoms with Crippen LogP contribution in [0.15, 0.2) is 6.07 Å². The Kier molecular flexibility index (Phi) is 4.19. The first-order chi connectivity index (χ1) is 8.72. The van der Waals surface area contributed by atoms with Gasteiger partial charge in [-0.25, -0.2) is 0 Å². The number of nitrogen functional groups attached to an aromatic ring is 1. The molecule has 1 aliphatic carbocycles. The maximum absolute atomic E-state index is 9.28. The van der Waals surface area contributed by atoms with Gasteiger partial charge in [-0.2, -0.15) is 9.97 Å². The minimum Gasteiger partial charge on any atom is -0.396 e. The Morgan fingerprint density at radius 3 is 2.78 bits per heavy atom. The second-order valence-corrected chi connectivity index (χ2v) is 4.76. The molecule has 0 amide bonds. The van der Waals surface area contributed by atoms with Gasteiger partial charge in [-0.1, -0.05) is 6.42 Å². The number of nitrogens with one attached hydrogen (secondary N) is 2. The van der Waals surface area contributed by atoms with Crippen LogP contribution in [0.1, 0.15) is 19.3 Å². The third kappa shape index (κ3) is 3.01. The van der Waals surface area contributed by atoms with Crippen molar-refractivity contribution in [3.63, 3.8) is 0 Å². The molecule has 0 bridgehead atoms. The molecule has 0 saturated heterocycles. The van der Waals surface area contributed by atoms with Crippen molar-refractivity contribution in [3.8, 4) is 0 Å². The summed E-state index contributed by atoms with van der Waals surface area (Å²) in [7, 11) is 1.80. The van der Waals surface area contributed by atoms with Crippen molar-refractivity contribution in [3.05, 3.63) is 6.07 Å². The molecule has 1 aromatic rings. The number of hydrogen-bond acceptors (Lipinski definition) is 6. The first-order valence-electron chi connectivity index (χ1n) is 6.40. The van der Waals surface area contributed by atoms with Crippen LogP contribution in [-0.4, -0.2) is 35.3 Å². The maximum atomic E-state index is 9.28. The first kappa shape index (κ1) is 12.9. The van der Waals surface area contributed by atoms with E-state index < -0.39 is 0 Å². The molecule has 2 atom stereocenters. The molecule has 6 nitrogen and oxygen atoms in total. The average molecular weight is 251 g/mol. The molecule has 1 aromatic heterocycles. The number of aromatic nitrogens is 2. The summed E-state index contributed by atoms with van der Waals surface area (Å²) in [5, 5.41) is 15.5. The van der Waals surface area contributed by atoms with Crippen molar-refractivity contribution in [1.82, 2.24) is 9.97 Å². The number of nitrogens with two attached hydrogens (primary N) is 1. The van der Waals surface area contributed by atoms with Gasteiger partial charge in [0.2, 0.25) is 5.95 Å². The van der Waals surface area contributed by atoms with Gasteiger partial charge in [0.1, 0.15) is 11.6 Å². The van der Waals surface area contributed by atoms with Gasteiger partial charge in [0, 0.05) is 26.3 Å². The van der Waals surface area contributed by atoms with Crippen molar-refractivity contribution in [2.24, 2.45) is 11.8 Å². The van der Waals surface area contributed by atoms with Gasteiger partial charge >= 0.3 is 0 Å². The fraction of sp³-hybridized carbons (Fsp3) is 0.667. The standard InChI is InChI=1S/C12H21N5O/c1-14-10-5-11(17-12(13)16-10)15-6-8-3-2-4-9(8)7-18/h5,8-9,18H,2-4,6-7H2,1H3,(H4,13,14,15,16,17). The Morgan fingerprint density at radius 1 is 1.33 bits per heavy atom. The summed E-state index contributed by atoms with van der Waals surface area (Å²) in [4.78, 5) is 8.19. The molecule has 5 N–H and O–H groups in total. The van der Waals surface area contributed by atoms with E-state index in [0.29, 0.717) is 17.7 Å². The topological polar surface area (TPSA) is 96.1 Å². The highest BCUT2D eigenvalue weighted by atomic mass is 16.3. The third-order valence-electron chi connectivity index (χ3n) is 3.60.